The summed E-state index contributed by atoms with van der Waals surface area (Å²) in [5.41, 5.74) is 0.957. The number of fused-ring (bicyclic) bond motifs is 1. The molecule has 1 aliphatic heterocycles. The molecular formula is C17H23Cl2N3O5. The van der Waals surface area contributed by atoms with Crippen LogP contribution in [-0.2, 0) is 4.74 Å². The van der Waals surface area contributed by atoms with E-state index in [4.69, 9.17) is 18.6 Å². The predicted molar refractivity (Wildman–Crippen MR) is 105 cm³/mol. The minimum atomic E-state index is -0.285. The molecule has 1 amide bonds. The maximum Gasteiger partial charge on any atom is 0.273 e. The molecule has 2 N–H and O–H groups in total. The summed E-state index contributed by atoms with van der Waals surface area (Å²) in [5.74, 6) is 1.44. The van der Waals surface area contributed by atoms with Crippen molar-refractivity contribution in [3.63, 3.8) is 0 Å². The average Bonchev–Trinajstić information content (AvgIpc) is 3.14. The van der Waals surface area contributed by atoms with Crippen LogP contribution in [0.25, 0.3) is 11.3 Å². The third-order valence-electron chi connectivity index (χ3n) is 3.66. The zero-order valence-corrected chi connectivity index (χ0v) is 16.5. The molecule has 0 spiro atoms. The van der Waals surface area contributed by atoms with Crippen molar-refractivity contribution in [1.29, 1.82) is 0 Å². The summed E-state index contributed by atoms with van der Waals surface area (Å²) < 4.78 is 21.4. The Kier molecular flexibility index (Phi) is 9.95. The molecule has 1 aromatic heterocycles. The number of rotatable bonds is 8. The topological polar surface area (TPSA) is 94.9 Å². The number of ether oxygens (including phenoxy) is 3. The van der Waals surface area contributed by atoms with Gasteiger partial charge in [0.25, 0.3) is 5.91 Å². The monoisotopic (exact) mass is 419 g/mol. The van der Waals surface area contributed by atoms with Crippen LogP contribution >= 0.6 is 24.8 Å². The van der Waals surface area contributed by atoms with Crippen LogP contribution in [0.5, 0.6) is 11.5 Å². The number of nitrogens with one attached hydrogen (secondary N) is 2. The normalized spacial score (nSPS) is 11.9. The summed E-state index contributed by atoms with van der Waals surface area (Å²) in [6, 6.07) is 5.41. The number of methoxy groups -OCH3 is 1. The fourth-order valence-corrected chi connectivity index (χ4v) is 2.44. The fourth-order valence-electron chi connectivity index (χ4n) is 2.44. The van der Waals surface area contributed by atoms with Crippen LogP contribution in [0.1, 0.15) is 10.5 Å². The van der Waals surface area contributed by atoms with Gasteiger partial charge in [-0.2, -0.15) is 0 Å². The Labute approximate surface area is 169 Å². The Balaban J connectivity index is 0.00000182. The van der Waals surface area contributed by atoms with Gasteiger partial charge >= 0.3 is 0 Å². The molecule has 150 valence electrons. The second-order valence-electron chi connectivity index (χ2n) is 5.39. The van der Waals surface area contributed by atoms with Crippen LogP contribution in [0, 0.1) is 0 Å². The van der Waals surface area contributed by atoms with Gasteiger partial charge in [0.15, 0.2) is 29.3 Å². The maximum atomic E-state index is 12.3. The van der Waals surface area contributed by atoms with E-state index in [1.807, 2.05) is 6.07 Å². The first-order valence-electron chi connectivity index (χ1n) is 8.11. The first-order valence-corrected chi connectivity index (χ1v) is 8.11. The fraction of sp³-hybridized carbons (Fsp3) is 0.412. The van der Waals surface area contributed by atoms with Crippen molar-refractivity contribution < 1.29 is 23.4 Å². The van der Waals surface area contributed by atoms with Gasteiger partial charge in [0.2, 0.25) is 0 Å². The first-order chi connectivity index (χ1) is 12.3. The number of halogens is 2. The summed E-state index contributed by atoms with van der Waals surface area (Å²) in [6.07, 6.45) is 1.26. The summed E-state index contributed by atoms with van der Waals surface area (Å²) in [5, 5.41) is 5.97. The second-order valence-corrected chi connectivity index (χ2v) is 5.39. The summed E-state index contributed by atoms with van der Waals surface area (Å²) in [6.45, 7) is 3.52. The quantitative estimate of drug-likeness (QED) is 0.630. The highest BCUT2D eigenvalue weighted by molar-refractivity contribution is 5.97. The van der Waals surface area contributed by atoms with Crippen molar-refractivity contribution in [2.45, 2.75) is 0 Å². The molecule has 0 aliphatic carbocycles. The minimum absolute atomic E-state index is 0. The van der Waals surface area contributed by atoms with Crippen molar-refractivity contribution in [2.24, 2.45) is 0 Å². The van der Waals surface area contributed by atoms with Crippen LogP contribution in [0.2, 0.25) is 0 Å². The Morgan fingerprint density at radius 3 is 2.70 bits per heavy atom. The highest BCUT2D eigenvalue weighted by Gasteiger charge is 2.20. The highest BCUT2D eigenvalue weighted by Crippen LogP contribution is 2.35. The van der Waals surface area contributed by atoms with Crippen LogP contribution in [-0.4, -0.2) is 57.5 Å². The molecular weight excluding hydrogens is 397 g/mol. The van der Waals surface area contributed by atoms with Gasteiger partial charge in [-0.05, 0) is 18.2 Å². The lowest BCUT2D eigenvalue weighted by molar-refractivity contribution is 0.0949. The molecule has 0 bridgehead atoms. The van der Waals surface area contributed by atoms with Gasteiger partial charge in [0, 0.05) is 32.3 Å². The Morgan fingerprint density at radius 2 is 1.93 bits per heavy atom. The van der Waals surface area contributed by atoms with E-state index in [2.05, 4.69) is 15.6 Å². The van der Waals surface area contributed by atoms with Crippen molar-refractivity contribution >= 4 is 30.7 Å². The molecule has 0 saturated carbocycles. The summed E-state index contributed by atoms with van der Waals surface area (Å²) in [7, 11) is 1.65. The third kappa shape index (κ3) is 6.00. The van der Waals surface area contributed by atoms with Gasteiger partial charge < -0.3 is 29.3 Å². The van der Waals surface area contributed by atoms with Crippen molar-refractivity contribution in [2.75, 3.05) is 46.6 Å². The molecule has 27 heavy (non-hydrogen) atoms. The number of carbonyl (C=O) groups excluding carboxylic acids is 1. The molecule has 0 unspecified atom stereocenters. The van der Waals surface area contributed by atoms with Gasteiger partial charge in [-0.1, -0.05) is 0 Å². The van der Waals surface area contributed by atoms with E-state index in [0.29, 0.717) is 55.7 Å². The molecule has 0 atom stereocenters. The van der Waals surface area contributed by atoms with Gasteiger partial charge in [-0.25, -0.2) is 4.98 Å². The van der Waals surface area contributed by atoms with Gasteiger partial charge in [-0.15, -0.1) is 24.8 Å². The van der Waals surface area contributed by atoms with Crippen LogP contribution in [0.15, 0.2) is 29.0 Å². The van der Waals surface area contributed by atoms with Crippen LogP contribution < -0.4 is 20.1 Å². The summed E-state index contributed by atoms with van der Waals surface area (Å²) >= 11 is 0. The van der Waals surface area contributed by atoms with Gasteiger partial charge in [-0.3, -0.25) is 4.79 Å². The predicted octanol–water partition coefficient (Wildman–Crippen LogP) is 1.92. The number of oxazole rings is 1. The molecule has 2 heterocycles. The van der Waals surface area contributed by atoms with Crippen molar-refractivity contribution in [3.05, 3.63) is 30.3 Å². The van der Waals surface area contributed by atoms with Gasteiger partial charge in [0.05, 0.1) is 6.61 Å². The zero-order valence-electron chi connectivity index (χ0n) is 14.9. The smallest absolute Gasteiger partial charge is 0.273 e. The lowest BCUT2D eigenvalue weighted by atomic mass is 10.1. The molecule has 10 heteroatoms. The lowest BCUT2D eigenvalue weighted by Gasteiger charge is -2.18. The van der Waals surface area contributed by atoms with Crippen LogP contribution in [0.4, 0.5) is 0 Å². The minimum Gasteiger partial charge on any atom is -0.486 e. The Morgan fingerprint density at radius 1 is 1.15 bits per heavy atom. The van der Waals surface area contributed by atoms with E-state index in [1.165, 1.54) is 6.39 Å². The number of hydrogen-bond acceptors (Lipinski definition) is 7. The summed E-state index contributed by atoms with van der Waals surface area (Å²) in [4.78, 5) is 16.4. The molecule has 2 aromatic rings. The average molecular weight is 420 g/mol. The van der Waals surface area contributed by atoms with E-state index in [0.717, 1.165) is 6.54 Å². The van der Waals surface area contributed by atoms with E-state index >= 15 is 0 Å². The maximum absolute atomic E-state index is 12.3. The number of carbonyl (C=O) groups is 1. The van der Waals surface area contributed by atoms with E-state index in [-0.39, 0.29) is 36.4 Å². The molecule has 0 fully saturated rings. The Hall–Kier alpha value is -2.00. The number of hydrogen-bond donors (Lipinski definition) is 2. The number of nitrogens with zero attached hydrogens (tertiary/aromatic N) is 1. The molecule has 3 rings (SSSR count). The highest BCUT2D eigenvalue weighted by atomic mass is 35.5. The largest absolute Gasteiger partial charge is 0.486 e. The second kappa shape index (κ2) is 11.7. The molecule has 1 aromatic carbocycles. The third-order valence-corrected chi connectivity index (χ3v) is 3.66. The molecule has 8 nitrogen and oxygen atoms in total. The van der Waals surface area contributed by atoms with Crippen molar-refractivity contribution in [3.8, 4) is 22.8 Å². The molecule has 0 saturated heterocycles. The first kappa shape index (κ1) is 23.0. The SMILES string of the molecule is COCCNCCNC(=O)c1ncoc1-c1ccc2c(c1)OCCO2.Cl.Cl. The Bertz CT molecular complexity index is 726. The lowest BCUT2D eigenvalue weighted by Crippen LogP contribution is -2.33. The number of amides is 1. The standard InChI is InChI=1S/C17H21N3O5.2ClH/c1-22-7-6-18-4-5-19-17(21)15-16(25-11-20-15)12-2-3-13-14(10-12)24-9-8-23-13;;/h2-3,10-11,18H,4-9H2,1H3,(H,19,21);2*1H. The number of aromatic nitrogens is 1. The molecule has 1 aliphatic rings. The number of benzene rings is 1. The van der Waals surface area contributed by atoms with Crippen molar-refractivity contribution in [1.82, 2.24) is 15.6 Å². The van der Waals surface area contributed by atoms with Gasteiger partial charge in [0.1, 0.15) is 13.2 Å². The van der Waals surface area contributed by atoms with E-state index in [1.54, 1.807) is 19.2 Å². The zero-order chi connectivity index (χ0) is 17.5. The molecule has 0 radical (unpaired) electrons. The van der Waals surface area contributed by atoms with Crippen LogP contribution in [0.3, 0.4) is 0 Å². The van der Waals surface area contributed by atoms with E-state index < -0.39 is 0 Å². The van der Waals surface area contributed by atoms with E-state index in [9.17, 15) is 4.79 Å².